The number of aromatic nitrogens is 1. The largest absolute Gasteiger partial charge is 0.481 e. The first kappa shape index (κ1) is 16.1. The Morgan fingerprint density at radius 1 is 1.36 bits per heavy atom. The van der Waals surface area contributed by atoms with Crippen LogP contribution in [0.2, 0.25) is 0 Å². The summed E-state index contributed by atoms with van der Waals surface area (Å²) in [6.45, 7) is 0. The van der Waals surface area contributed by atoms with Crippen LogP contribution in [0, 0.1) is 0 Å². The Kier molecular flexibility index (Phi) is 4.88. The van der Waals surface area contributed by atoms with Gasteiger partial charge >= 0.3 is 11.9 Å². The maximum Gasteiger partial charge on any atom is 0.327 e. The molecule has 1 aliphatic rings. The number of carboxylic acid groups (broad SMARTS) is 2. The number of amides is 1. The van der Waals surface area contributed by atoms with Crippen LogP contribution in [-0.4, -0.2) is 48.3 Å². The van der Waals surface area contributed by atoms with Gasteiger partial charge in [0.2, 0.25) is 0 Å². The molecule has 1 aromatic heterocycles. The van der Waals surface area contributed by atoms with E-state index >= 15 is 0 Å². The number of aliphatic carboxylic acids is 2. The Balaban J connectivity index is 2.30. The molecule has 1 atom stereocenters. The lowest BCUT2D eigenvalue weighted by Gasteiger charge is -2.21. The molecule has 0 spiro atoms. The van der Waals surface area contributed by atoms with Crippen LogP contribution < -0.4 is 0 Å². The smallest absolute Gasteiger partial charge is 0.327 e. The molecule has 0 aliphatic carbocycles. The molecule has 0 saturated carbocycles. The maximum atomic E-state index is 12.3. The van der Waals surface area contributed by atoms with Gasteiger partial charge < -0.3 is 10.2 Å². The maximum absolute atomic E-state index is 12.3. The average Bonchev–Trinajstić information content (AvgIpc) is 2.72. The van der Waals surface area contributed by atoms with Crippen LogP contribution >= 0.6 is 24.0 Å². The fourth-order valence-electron chi connectivity index (χ4n) is 1.81. The van der Waals surface area contributed by atoms with Crippen LogP contribution in [0.3, 0.4) is 0 Å². The summed E-state index contributed by atoms with van der Waals surface area (Å²) in [5.74, 6) is -3.34. The zero-order valence-corrected chi connectivity index (χ0v) is 12.6. The zero-order valence-electron chi connectivity index (χ0n) is 11.0. The van der Waals surface area contributed by atoms with Crippen molar-refractivity contribution < 1.29 is 24.6 Å². The molecule has 1 fully saturated rings. The van der Waals surface area contributed by atoms with Crippen molar-refractivity contribution in [1.82, 2.24) is 9.88 Å². The van der Waals surface area contributed by atoms with Crippen molar-refractivity contribution in [2.45, 2.75) is 12.5 Å². The average molecular weight is 338 g/mol. The quantitative estimate of drug-likeness (QED) is 0.609. The van der Waals surface area contributed by atoms with Crippen LogP contribution in [0.1, 0.15) is 12.0 Å². The number of nitrogens with zero attached hydrogens (tertiary/aromatic N) is 2. The van der Waals surface area contributed by atoms with Crippen molar-refractivity contribution >= 4 is 52.2 Å². The topological polar surface area (TPSA) is 108 Å². The molecule has 9 heteroatoms. The van der Waals surface area contributed by atoms with Gasteiger partial charge in [0.15, 0.2) is 0 Å². The highest BCUT2D eigenvalue weighted by molar-refractivity contribution is 8.26. The molecule has 0 aromatic carbocycles. The number of carbonyl (C=O) groups is 3. The molecular formula is C13H10N2O5S2. The summed E-state index contributed by atoms with van der Waals surface area (Å²) in [6.07, 6.45) is 3.94. The lowest BCUT2D eigenvalue weighted by molar-refractivity contribution is -0.150. The number of thioether (sulfide) groups is 1. The second-order valence-electron chi connectivity index (χ2n) is 4.28. The molecule has 1 saturated heterocycles. The Hall–Kier alpha value is -2.26. The van der Waals surface area contributed by atoms with Gasteiger partial charge in [0, 0.05) is 12.4 Å². The first-order valence-corrected chi connectivity index (χ1v) is 7.24. The van der Waals surface area contributed by atoms with Crippen molar-refractivity contribution in [3.05, 3.63) is 35.0 Å². The van der Waals surface area contributed by atoms with Gasteiger partial charge in [-0.3, -0.25) is 19.5 Å². The van der Waals surface area contributed by atoms with E-state index in [1.54, 1.807) is 30.6 Å². The summed E-state index contributed by atoms with van der Waals surface area (Å²) < 4.78 is 0.0268. The second kappa shape index (κ2) is 6.67. The molecule has 1 aliphatic heterocycles. The molecule has 22 heavy (non-hydrogen) atoms. The fraction of sp³-hybridized carbons (Fsp3) is 0.154. The molecule has 114 valence electrons. The highest BCUT2D eigenvalue weighted by atomic mass is 32.2. The summed E-state index contributed by atoms with van der Waals surface area (Å²) in [5.41, 5.74) is 0.709. The molecule has 7 nitrogen and oxygen atoms in total. The summed E-state index contributed by atoms with van der Waals surface area (Å²) in [4.78, 5) is 39.3. The molecule has 0 unspecified atom stereocenters. The number of carboxylic acids is 2. The van der Waals surface area contributed by atoms with Gasteiger partial charge in [-0.1, -0.05) is 24.0 Å². The number of hydrogen-bond acceptors (Lipinski definition) is 6. The van der Waals surface area contributed by atoms with Crippen LogP contribution in [0.4, 0.5) is 0 Å². The van der Waals surface area contributed by atoms with Gasteiger partial charge in [0.25, 0.3) is 5.91 Å². The number of thiocarbonyl (C=S) groups is 1. The van der Waals surface area contributed by atoms with E-state index in [4.69, 9.17) is 22.4 Å². The van der Waals surface area contributed by atoms with E-state index in [1.807, 2.05) is 0 Å². The van der Waals surface area contributed by atoms with Crippen molar-refractivity contribution in [2.24, 2.45) is 0 Å². The highest BCUT2D eigenvalue weighted by Gasteiger charge is 2.41. The zero-order chi connectivity index (χ0) is 16.3. The third kappa shape index (κ3) is 3.49. The monoisotopic (exact) mass is 338 g/mol. The first-order chi connectivity index (χ1) is 10.4. The van der Waals surface area contributed by atoms with E-state index in [0.717, 1.165) is 16.7 Å². The molecule has 1 amide bonds. The van der Waals surface area contributed by atoms with Gasteiger partial charge in [-0.05, 0) is 23.8 Å². The minimum atomic E-state index is -1.52. The SMILES string of the molecule is O=C(O)C[C@H](C(=O)O)N1C(=O)/C(=C\c2ccncc2)SC1=S. The molecule has 2 N–H and O–H groups in total. The Morgan fingerprint density at radius 3 is 2.55 bits per heavy atom. The Bertz CT molecular complexity index is 674. The van der Waals surface area contributed by atoms with Gasteiger partial charge in [0.1, 0.15) is 10.4 Å². The van der Waals surface area contributed by atoms with E-state index < -0.39 is 30.3 Å². The molecule has 0 bridgehead atoms. The van der Waals surface area contributed by atoms with Gasteiger partial charge in [-0.15, -0.1) is 0 Å². The minimum Gasteiger partial charge on any atom is -0.481 e. The van der Waals surface area contributed by atoms with E-state index in [2.05, 4.69) is 4.98 Å². The number of hydrogen-bond donors (Lipinski definition) is 2. The van der Waals surface area contributed by atoms with Crippen molar-refractivity contribution in [3.8, 4) is 0 Å². The second-order valence-corrected chi connectivity index (χ2v) is 5.96. The fourth-order valence-corrected chi connectivity index (χ4v) is 3.17. The van der Waals surface area contributed by atoms with Gasteiger partial charge in [-0.2, -0.15) is 0 Å². The van der Waals surface area contributed by atoms with Crippen LogP contribution in [0.25, 0.3) is 6.08 Å². The van der Waals surface area contributed by atoms with Crippen LogP contribution in [-0.2, 0) is 14.4 Å². The van der Waals surface area contributed by atoms with E-state index in [9.17, 15) is 14.4 Å². The molecule has 0 radical (unpaired) electrons. The molecule has 2 heterocycles. The van der Waals surface area contributed by atoms with Crippen molar-refractivity contribution in [2.75, 3.05) is 0 Å². The predicted octanol–water partition coefficient (Wildman–Crippen LogP) is 1.21. The minimum absolute atomic E-state index is 0.0268. The van der Waals surface area contributed by atoms with Crippen LogP contribution in [0.15, 0.2) is 29.4 Å². The number of rotatable bonds is 5. The van der Waals surface area contributed by atoms with E-state index in [0.29, 0.717) is 5.56 Å². The Labute approximate surface area is 134 Å². The van der Waals surface area contributed by atoms with E-state index in [-0.39, 0.29) is 9.23 Å². The number of pyridine rings is 1. The van der Waals surface area contributed by atoms with E-state index in [1.165, 1.54) is 0 Å². The standard InChI is InChI=1S/C13H10N2O5S2/c16-10(17)6-8(12(19)20)15-11(18)9(22-13(15)21)5-7-1-3-14-4-2-7/h1-5,8H,6H2,(H,16,17)(H,19,20)/b9-5+/t8-/m1/s1. The highest BCUT2D eigenvalue weighted by Crippen LogP contribution is 2.34. The van der Waals surface area contributed by atoms with Crippen molar-refractivity contribution in [3.63, 3.8) is 0 Å². The third-order valence-electron chi connectivity index (χ3n) is 2.79. The normalized spacial score (nSPS) is 17.8. The Morgan fingerprint density at radius 2 is 2.00 bits per heavy atom. The molecule has 1 aromatic rings. The van der Waals surface area contributed by atoms with Crippen LogP contribution in [0.5, 0.6) is 0 Å². The van der Waals surface area contributed by atoms with Crippen molar-refractivity contribution in [1.29, 1.82) is 0 Å². The lowest BCUT2D eigenvalue weighted by Crippen LogP contribution is -2.45. The summed E-state index contributed by atoms with van der Waals surface area (Å²) >= 11 is 5.96. The summed E-state index contributed by atoms with van der Waals surface area (Å²) in [6, 6.07) is 1.84. The molecular weight excluding hydrogens is 328 g/mol. The summed E-state index contributed by atoms with van der Waals surface area (Å²) in [7, 11) is 0. The third-order valence-corrected chi connectivity index (χ3v) is 4.12. The summed E-state index contributed by atoms with van der Waals surface area (Å²) in [5, 5.41) is 17.9. The lowest BCUT2D eigenvalue weighted by atomic mass is 10.1. The van der Waals surface area contributed by atoms with Gasteiger partial charge in [0.05, 0.1) is 11.3 Å². The predicted molar refractivity (Wildman–Crippen MR) is 82.9 cm³/mol. The first-order valence-electron chi connectivity index (χ1n) is 6.02. The van der Waals surface area contributed by atoms with Gasteiger partial charge in [-0.25, -0.2) is 4.79 Å². The molecule has 2 rings (SSSR count). The number of carbonyl (C=O) groups excluding carboxylic acids is 1.